The fourth-order valence-electron chi connectivity index (χ4n) is 7.87. The summed E-state index contributed by atoms with van der Waals surface area (Å²) < 4.78 is 0. The molecule has 0 N–H and O–H groups in total. The molecule has 38 heavy (non-hydrogen) atoms. The van der Waals surface area contributed by atoms with Crippen LogP contribution in [0.3, 0.4) is 0 Å². The third-order valence-electron chi connectivity index (χ3n) is 10.3. The molecule has 1 aliphatic carbocycles. The van der Waals surface area contributed by atoms with Crippen LogP contribution >= 0.6 is 0 Å². The molecule has 4 atom stereocenters. The van der Waals surface area contributed by atoms with Gasteiger partial charge in [-0.05, 0) is 49.4 Å². The second-order valence-electron chi connectivity index (χ2n) is 13.7. The highest BCUT2D eigenvalue weighted by Gasteiger charge is 2.37. The van der Waals surface area contributed by atoms with E-state index in [-0.39, 0.29) is 0 Å². The molecule has 0 bridgehead atoms. The molecule has 0 aliphatic heterocycles. The Morgan fingerprint density at radius 3 is 0.816 bits per heavy atom. The minimum atomic E-state index is 1.06. The average molecular weight is 533 g/mol. The van der Waals surface area contributed by atoms with Crippen LogP contribution in [0.4, 0.5) is 0 Å². The van der Waals surface area contributed by atoms with Gasteiger partial charge in [-0.1, -0.05) is 195 Å². The smallest absolute Gasteiger partial charge is 0.0355 e. The Kier molecular flexibility index (Phi) is 25.8. The first-order valence-corrected chi connectivity index (χ1v) is 18.8. The van der Waals surface area contributed by atoms with Crippen LogP contribution in [-0.4, -0.2) is 0 Å². The quantitative estimate of drug-likeness (QED) is 0.0879. The Hall–Kier alpha value is 0. The van der Waals surface area contributed by atoms with Crippen molar-refractivity contribution in [2.45, 2.75) is 220 Å². The third-order valence-corrected chi connectivity index (χ3v) is 10.3. The van der Waals surface area contributed by atoms with Gasteiger partial charge < -0.3 is 0 Å². The predicted molar refractivity (Wildman–Crippen MR) is 175 cm³/mol. The summed E-state index contributed by atoms with van der Waals surface area (Å²) in [7, 11) is 0. The monoisotopic (exact) mass is 533 g/mol. The molecule has 0 aromatic carbocycles. The van der Waals surface area contributed by atoms with Crippen molar-refractivity contribution in [2.75, 3.05) is 0 Å². The lowest BCUT2D eigenvalue weighted by molar-refractivity contribution is 0.0581. The Labute approximate surface area is 243 Å². The van der Waals surface area contributed by atoms with Gasteiger partial charge in [0.05, 0.1) is 0 Å². The van der Waals surface area contributed by atoms with Crippen LogP contribution in [-0.2, 0) is 0 Å². The van der Waals surface area contributed by atoms with Gasteiger partial charge in [-0.3, -0.25) is 0 Å². The molecule has 0 nitrogen and oxygen atoms in total. The van der Waals surface area contributed by atoms with Crippen LogP contribution in [0.15, 0.2) is 0 Å². The molecule has 0 spiro atoms. The summed E-state index contributed by atoms with van der Waals surface area (Å²) in [5.74, 6) is 4.24. The van der Waals surface area contributed by atoms with Crippen molar-refractivity contribution < 1.29 is 0 Å². The summed E-state index contributed by atoms with van der Waals surface area (Å²) in [6.45, 7) is 9.40. The highest BCUT2D eigenvalue weighted by atomic mass is 14.4. The normalized spacial score (nSPS) is 21.8. The second kappa shape index (κ2) is 27.2. The summed E-state index contributed by atoms with van der Waals surface area (Å²) in [6, 6.07) is 0. The van der Waals surface area contributed by atoms with E-state index in [2.05, 4.69) is 27.7 Å². The molecular formula is C38H76. The first kappa shape index (κ1) is 36.0. The second-order valence-corrected chi connectivity index (χ2v) is 13.7. The highest BCUT2D eigenvalue weighted by molar-refractivity contribution is 4.88. The van der Waals surface area contributed by atoms with E-state index in [0.29, 0.717) is 0 Å². The number of hydrogen-bond acceptors (Lipinski definition) is 0. The molecular weight excluding hydrogens is 456 g/mol. The van der Waals surface area contributed by atoms with E-state index in [0.717, 1.165) is 23.7 Å². The summed E-state index contributed by atoms with van der Waals surface area (Å²) >= 11 is 0. The fraction of sp³-hybridized carbons (Fsp3) is 1.00. The van der Waals surface area contributed by atoms with E-state index >= 15 is 0 Å². The first-order chi connectivity index (χ1) is 18.8. The van der Waals surface area contributed by atoms with Gasteiger partial charge in [0.2, 0.25) is 0 Å². The molecule has 1 saturated carbocycles. The molecule has 0 radical (unpaired) electrons. The molecule has 0 heteroatoms. The average Bonchev–Trinajstić information content (AvgIpc) is 2.93. The zero-order valence-electron chi connectivity index (χ0n) is 27.5. The lowest BCUT2D eigenvalue weighted by Crippen LogP contribution is -2.35. The van der Waals surface area contributed by atoms with E-state index in [1.807, 2.05) is 0 Å². The molecule has 0 saturated heterocycles. The molecule has 0 heterocycles. The lowest BCUT2D eigenvalue weighted by atomic mass is 9.61. The maximum absolute atomic E-state index is 2.36. The predicted octanol–water partition coefficient (Wildman–Crippen LogP) is 14.2. The van der Waals surface area contributed by atoms with Crippen molar-refractivity contribution in [3.8, 4) is 0 Å². The topological polar surface area (TPSA) is 0 Å². The van der Waals surface area contributed by atoms with Crippen LogP contribution in [0.2, 0.25) is 0 Å². The molecule has 1 fully saturated rings. The zero-order valence-corrected chi connectivity index (χ0v) is 27.5. The van der Waals surface area contributed by atoms with E-state index in [9.17, 15) is 0 Å². The number of hydrogen-bond donors (Lipinski definition) is 0. The molecule has 0 aromatic heterocycles. The van der Waals surface area contributed by atoms with Crippen molar-refractivity contribution in [3.63, 3.8) is 0 Å². The van der Waals surface area contributed by atoms with Crippen molar-refractivity contribution >= 4 is 0 Å². The number of unbranched alkanes of at least 4 members (excludes halogenated alkanes) is 20. The van der Waals surface area contributed by atoms with Crippen LogP contribution in [0.5, 0.6) is 0 Å². The lowest BCUT2D eigenvalue weighted by Gasteiger charge is -2.44. The van der Waals surface area contributed by atoms with Crippen LogP contribution in [0, 0.1) is 23.7 Å². The van der Waals surface area contributed by atoms with Crippen LogP contribution in [0.1, 0.15) is 220 Å². The summed E-state index contributed by atoms with van der Waals surface area (Å²) in [5.41, 5.74) is 0. The third kappa shape index (κ3) is 18.4. The van der Waals surface area contributed by atoms with Crippen LogP contribution in [0.25, 0.3) is 0 Å². The van der Waals surface area contributed by atoms with Gasteiger partial charge in [0.25, 0.3) is 0 Å². The van der Waals surface area contributed by atoms with Gasteiger partial charge in [-0.15, -0.1) is 0 Å². The Balaban J connectivity index is 2.71. The van der Waals surface area contributed by atoms with Crippen molar-refractivity contribution in [2.24, 2.45) is 23.7 Å². The Bertz CT molecular complexity index is 453. The Morgan fingerprint density at radius 1 is 0.289 bits per heavy atom. The highest BCUT2D eigenvalue weighted by Crippen LogP contribution is 2.47. The van der Waals surface area contributed by atoms with E-state index in [1.165, 1.54) is 154 Å². The molecule has 228 valence electrons. The molecule has 0 amide bonds. The van der Waals surface area contributed by atoms with Gasteiger partial charge in [0.1, 0.15) is 0 Å². The van der Waals surface area contributed by atoms with Gasteiger partial charge >= 0.3 is 0 Å². The molecule has 4 unspecified atom stereocenters. The van der Waals surface area contributed by atoms with Crippen LogP contribution < -0.4 is 0 Å². The minimum Gasteiger partial charge on any atom is -0.0654 e. The summed E-state index contributed by atoms with van der Waals surface area (Å²) in [5, 5.41) is 0. The minimum absolute atomic E-state index is 1.06. The maximum atomic E-state index is 2.36. The molecule has 1 rings (SSSR count). The SMILES string of the molecule is CCCCCCCCCC1C(CCCCCCCC)CCC(CCCCCCC)C1CCCCCCCC. The molecule has 0 aromatic rings. The van der Waals surface area contributed by atoms with E-state index < -0.39 is 0 Å². The van der Waals surface area contributed by atoms with Gasteiger partial charge in [0, 0.05) is 0 Å². The van der Waals surface area contributed by atoms with Gasteiger partial charge in [0.15, 0.2) is 0 Å². The standard InChI is InChI=1S/C38H76/c1-5-9-13-17-20-24-28-32-38-36(30-26-22-18-14-10-6-2)34-33-35(29-25-21-16-12-8-4)37(38)31-27-23-19-15-11-7-3/h35-38H,5-34H2,1-4H3. The largest absolute Gasteiger partial charge is 0.0654 e. The maximum Gasteiger partial charge on any atom is -0.0355 e. The fourth-order valence-corrected chi connectivity index (χ4v) is 7.87. The summed E-state index contributed by atoms with van der Waals surface area (Å²) in [4.78, 5) is 0. The van der Waals surface area contributed by atoms with Crippen molar-refractivity contribution in [3.05, 3.63) is 0 Å². The first-order valence-electron chi connectivity index (χ1n) is 18.8. The Morgan fingerprint density at radius 2 is 0.526 bits per heavy atom. The van der Waals surface area contributed by atoms with Crippen molar-refractivity contribution in [1.29, 1.82) is 0 Å². The number of rotatable bonds is 28. The zero-order chi connectivity index (χ0) is 27.5. The summed E-state index contributed by atoms with van der Waals surface area (Å²) in [6.07, 6.45) is 44.7. The van der Waals surface area contributed by atoms with Gasteiger partial charge in [-0.25, -0.2) is 0 Å². The van der Waals surface area contributed by atoms with E-state index in [4.69, 9.17) is 0 Å². The molecule has 1 aliphatic rings. The van der Waals surface area contributed by atoms with Crippen molar-refractivity contribution in [1.82, 2.24) is 0 Å². The van der Waals surface area contributed by atoms with E-state index in [1.54, 1.807) is 38.5 Å². The van der Waals surface area contributed by atoms with Gasteiger partial charge in [-0.2, -0.15) is 0 Å².